The van der Waals surface area contributed by atoms with Gasteiger partial charge in [-0.15, -0.1) is 0 Å². The highest BCUT2D eigenvalue weighted by atomic mass is 16.1. The summed E-state index contributed by atoms with van der Waals surface area (Å²) in [5, 5.41) is 0.988. The zero-order valence-corrected chi connectivity index (χ0v) is 13.2. The second kappa shape index (κ2) is 6.17. The van der Waals surface area contributed by atoms with Crippen LogP contribution in [-0.2, 0) is 6.42 Å². The number of aldehydes is 1. The average molecular weight is 311 g/mol. The van der Waals surface area contributed by atoms with Gasteiger partial charge < -0.3 is 4.98 Å². The van der Waals surface area contributed by atoms with Gasteiger partial charge in [0, 0.05) is 28.6 Å². The highest BCUT2D eigenvalue weighted by Gasteiger charge is 2.06. The molecule has 0 bridgehead atoms. The lowest BCUT2D eigenvalue weighted by Gasteiger charge is -2.05. The number of hydrogen-bond acceptors (Lipinski definition) is 1. The SMILES string of the molecule is O=Cc1cccc2[nH]c(Cc3cccc(-c4ccccc4)c3)cc12. The Morgan fingerprint density at radius 1 is 0.792 bits per heavy atom. The Kier molecular flexibility index (Phi) is 3.72. The van der Waals surface area contributed by atoms with Gasteiger partial charge in [-0.25, -0.2) is 0 Å². The first-order valence-corrected chi connectivity index (χ1v) is 8.03. The topological polar surface area (TPSA) is 32.9 Å². The summed E-state index contributed by atoms with van der Waals surface area (Å²) in [6.45, 7) is 0. The molecule has 2 heteroatoms. The molecule has 0 aliphatic carbocycles. The second-order valence-corrected chi connectivity index (χ2v) is 5.96. The number of nitrogens with one attached hydrogen (secondary N) is 1. The van der Waals surface area contributed by atoms with Crippen LogP contribution in [0.1, 0.15) is 21.6 Å². The summed E-state index contributed by atoms with van der Waals surface area (Å²) in [6, 6.07) is 26.8. The quantitative estimate of drug-likeness (QED) is 0.514. The fraction of sp³-hybridized carbons (Fsp3) is 0.0455. The molecule has 0 aliphatic rings. The van der Waals surface area contributed by atoms with E-state index in [0.717, 1.165) is 34.9 Å². The number of fused-ring (bicyclic) bond motifs is 1. The van der Waals surface area contributed by atoms with E-state index in [4.69, 9.17) is 0 Å². The van der Waals surface area contributed by atoms with E-state index in [-0.39, 0.29) is 0 Å². The van der Waals surface area contributed by atoms with Gasteiger partial charge in [0.25, 0.3) is 0 Å². The lowest BCUT2D eigenvalue weighted by molar-refractivity contribution is 0.112. The van der Waals surface area contributed by atoms with Gasteiger partial charge >= 0.3 is 0 Å². The number of aromatic nitrogens is 1. The Labute approximate surface area is 140 Å². The van der Waals surface area contributed by atoms with Crippen molar-refractivity contribution in [1.29, 1.82) is 0 Å². The van der Waals surface area contributed by atoms with Gasteiger partial charge in [0.2, 0.25) is 0 Å². The molecule has 2 nitrogen and oxygen atoms in total. The predicted molar refractivity (Wildman–Crippen MR) is 98.4 cm³/mol. The van der Waals surface area contributed by atoms with Crippen molar-refractivity contribution in [3.63, 3.8) is 0 Å². The van der Waals surface area contributed by atoms with Crippen LogP contribution in [0.3, 0.4) is 0 Å². The third-order valence-electron chi connectivity index (χ3n) is 4.31. The Bertz CT molecular complexity index is 999. The van der Waals surface area contributed by atoms with E-state index in [0.29, 0.717) is 0 Å². The van der Waals surface area contributed by atoms with Crippen molar-refractivity contribution < 1.29 is 4.79 Å². The molecule has 116 valence electrons. The van der Waals surface area contributed by atoms with Gasteiger partial charge in [0.15, 0.2) is 6.29 Å². The van der Waals surface area contributed by atoms with Crippen molar-refractivity contribution in [3.05, 3.63) is 95.7 Å². The van der Waals surface area contributed by atoms with E-state index in [2.05, 4.69) is 59.6 Å². The van der Waals surface area contributed by atoms with Crippen LogP contribution in [0.5, 0.6) is 0 Å². The van der Waals surface area contributed by atoms with Crippen LogP contribution in [0.4, 0.5) is 0 Å². The molecule has 3 aromatic carbocycles. The summed E-state index contributed by atoms with van der Waals surface area (Å²) in [5.41, 5.74) is 6.54. The maximum absolute atomic E-state index is 11.2. The first kappa shape index (κ1) is 14.5. The molecular formula is C22H17NO. The fourth-order valence-corrected chi connectivity index (χ4v) is 3.15. The summed E-state index contributed by atoms with van der Waals surface area (Å²) in [7, 11) is 0. The van der Waals surface area contributed by atoms with Crippen LogP contribution in [0.15, 0.2) is 78.9 Å². The maximum atomic E-state index is 11.2. The van der Waals surface area contributed by atoms with Crippen molar-refractivity contribution in [2.75, 3.05) is 0 Å². The molecule has 1 aromatic heterocycles. The Hall–Kier alpha value is -3.13. The second-order valence-electron chi connectivity index (χ2n) is 5.96. The van der Waals surface area contributed by atoms with Gasteiger partial charge in [0.1, 0.15) is 0 Å². The van der Waals surface area contributed by atoms with E-state index >= 15 is 0 Å². The number of H-pyrrole nitrogens is 1. The molecule has 0 fully saturated rings. The average Bonchev–Trinajstić information content (AvgIpc) is 3.05. The summed E-state index contributed by atoms with van der Waals surface area (Å²) >= 11 is 0. The molecule has 0 spiro atoms. The number of benzene rings is 3. The van der Waals surface area contributed by atoms with E-state index < -0.39 is 0 Å². The minimum Gasteiger partial charge on any atom is -0.358 e. The lowest BCUT2D eigenvalue weighted by Crippen LogP contribution is -1.89. The van der Waals surface area contributed by atoms with Crippen molar-refractivity contribution in [2.24, 2.45) is 0 Å². The molecule has 1 heterocycles. The lowest BCUT2D eigenvalue weighted by atomic mass is 10.0. The standard InChI is InChI=1S/C22H17NO/c24-15-19-10-5-11-22-21(19)14-20(23-22)13-16-6-4-9-18(12-16)17-7-2-1-3-8-17/h1-12,14-15,23H,13H2. The molecule has 4 aromatic rings. The van der Waals surface area contributed by atoms with E-state index in [1.807, 2.05) is 24.3 Å². The fourth-order valence-electron chi connectivity index (χ4n) is 3.15. The van der Waals surface area contributed by atoms with Crippen molar-refractivity contribution >= 4 is 17.2 Å². The summed E-state index contributed by atoms with van der Waals surface area (Å²) in [5.74, 6) is 0. The van der Waals surface area contributed by atoms with Gasteiger partial charge in [-0.2, -0.15) is 0 Å². The van der Waals surface area contributed by atoms with Gasteiger partial charge in [-0.3, -0.25) is 4.79 Å². The van der Waals surface area contributed by atoms with Crippen LogP contribution in [0.2, 0.25) is 0 Å². The van der Waals surface area contributed by atoms with Gasteiger partial charge in [-0.05, 0) is 28.8 Å². The molecule has 0 amide bonds. The highest BCUT2D eigenvalue weighted by Crippen LogP contribution is 2.23. The van der Waals surface area contributed by atoms with Crippen molar-refractivity contribution in [1.82, 2.24) is 4.98 Å². The summed E-state index contributed by atoms with van der Waals surface area (Å²) in [6.07, 6.45) is 1.73. The van der Waals surface area contributed by atoms with Crippen LogP contribution >= 0.6 is 0 Å². The Morgan fingerprint density at radius 2 is 1.58 bits per heavy atom. The molecule has 0 saturated heterocycles. The molecule has 4 rings (SSSR count). The molecule has 24 heavy (non-hydrogen) atoms. The van der Waals surface area contributed by atoms with Gasteiger partial charge in [0.05, 0.1) is 0 Å². The molecule has 0 aliphatic heterocycles. The minimum atomic E-state index is 0.730. The maximum Gasteiger partial charge on any atom is 0.150 e. The molecule has 0 radical (unpaired) electrons. The number of aromatic amines is 1. The monoisotopic (exact) mass is 311 g/mol. The Balaban J connectivity index is 1.67. The summed E-state index contributed by atoms with van der Waals surface area (Å²) in [4.78, 5) is 14.6. The summed E-state index contributed by atoms with van der Waals surface area (Å²) < 4.78 is 0. The molecule has 0 atom stereocenters. The molecule has 0 saturated carbocycles. The zero-order valence-electron chi connectivity index (χ0n) is 13.2. The first-order valence-electron chi connectivity index (χ1n) is 8.03. The van der Waals surface area contributed by atoms with Crippen LogP contribution < -0.4 is 0 Å². The van der Waals surface area contributed by atoms with Crippen molar-refractivity contribution in [2.45, 2.75) is 6.42 Å². The molecule has 0 unspecified atom stereocenters. The highest BCUT2D eigenvalue weighted by molar-refractivity contribution is 5.97. The van der Waals surface area contributed by atoms with Crippen LogP contribution in [0.25, 0.3) is 22.0 Å². The largest absolute Gasteiger partial charge is 0.358 e. The molecular weight excluding hydrogens is 294 g/mol. The number of carbonyl (C=O) groups is 1. The Morgan fingerprint density at radius 3 is 2.42 bits per heavy atom. The zero-order chi connectivity index (χ0) is 16.4. The third-order valence-corrected chi connectivity index (χ3v) is 4.31. The third kappa shape index (κ3) is 2.74. The van der Waals surface area contributed by atoms with Crippen LogP contribution in [0, 0.1) is 0 Å². The predicted octanol–water partition coefficient (Wildman–Crippen LogP) is 5.24. The number of carbonyl (C=O) groups excluding carboxylic acids is 1. The molecule has 1 N–H and O–H groups in total. The van der Waals surface area contributed by atoms with Gasteiger partial charge in [-0.1, -0.05) is 66.7 Å². The number of rotatable bonds is 4. The van der Waals surface area contributed by atoms with E-state index in [9.17, 15) is 4.79 Å². The van der Waals surface area contributed by atoms with E-state index in [1.54, 1.807) is 0 Å². The normalized spacial score (nSPS) is 10.8. The van der Waals surface area contributed by atoms with E-state index in [1.165, 1.54) is 16.7 Å². The van der Waals surface area contributed by atoms with Crippen molar-refractivity contribution in [3.8, 4) is 11.1 Å². The minimum absolute atomic E-state index is 0.730. The number of hydrogen-bond donors (Lipinski definition) is 1. The smallest absolute Gasteiger partial charge is 0.150 e. The van der Waals surface area contributed by atoms with Crippen LogP contribution in [-0.4, -0.2) is 11.3 Å². The first-order chi connectivity index (χ1) is 11.8.